The van der Waals surface area contributed by atoms with E-state index in [1.54, 1.807) is 24.3 Å². The molecule has 0 saturated heterocycles. The summed E-state index contributed by atoms with van der Waals surface area (Å²) in [6, 6.07) is 8.26. The first-order valence-electron chi connectivity index (χ1n) is 7.40. The first-order valence-corrected chi connectivity index (χ1v) is 7.40. The van der Waals surface area contributed by atoms with E-state index in [4.69, 9.17) is 4.74 Å². The Kier molecular flexibility index (Phi) is 6.07. The van der Waals surface area contributed by atoms with Crippen LogP contribution in [0.15, 0.2) is 41.5 Å². The number of para-hydroxylation sites is 2. The molecule has 8 heteroatoms. The summed E-state index contributed by atoms with van der Waals surface area (Å²) in [6.07, 6.45) is 0.908. The van der Waals surface area contributed by atoms with Crippen molar-refractivity contribution in [1.29, 1.82) is 0 Å². The minimum Gasteiger partial charge on any atom is -0.492 e. The molecule has 0 spiro atoms. The molecule has 0 unspecified atom stereocenters. The number of anilines is 1. The van der Waals surface area contributed by atoms with Crippen LogP contribution in [-0.2, 0) is 16.1 Å². The number of carbonyl (C=O) groups is 2. The van der Waals surface area contributed by atoms with Crippen molar-refractivity contribution in [2.75, 3.05) is 11.9 Å². The molecular formula is C16H18N4O4. The Balaban J connectivity index is 1.86. The number of hydrogen-bond donors (Lipinski definition) is 3. The van der Waals surface area contributed by atoms with Gasteiger partial charge in [-0.3, -0.25) is 14.4 Å². The standard InChI is InChI=1S/C16H18N4O4/c1-2-24-13-6-4-3-5-12(13)20-16(23)8-15(22)17-9-11-7-14(21)19-10-18-11/h3-7,10H,2,8-9H2,1H3,(H,17,22)(H,20,23)(H,18,19,21). The smallest absolute Gasteiger partial charge is 0.250 e. The van der Waals surface area contributed by atoms with Crippen molar-refractivity contribution in [3.63, 3.8) is 0 Å². The van der Waals surface area contributed by atoms with Crippen molar-refractivity contribution in [3.8, 4) is 5.75 Å². The van der Waals surface area contributed by atoms with Crippen molar-refractivity contribution in [2.24, 2.45) is 0 Å². The van der Waals surface area contributed by atoms with Gasteiger partial charge in [-0.2, -0.15) is 0 Å². The van der Waals surface area contributed by atoms with Gasteiger partial charge in [-0.15, -0.1) is 0 Å². The van der Waals surface area contributed by atoms with Crippen LogP contribution in [0.3, 0.4) is 0 Å². The number of nitrogens with one attached hydrogen (secondary N) is 3. The van der Waals surface area contributed by atoms with Crippen molar-refractivity contribution >= 4 is 17.5 Å². The zero-order valence-corrected chi connectivity index (χ0v) is 13.2. The molecule has 2 rings (SSSR count). The molecule has 24 heavy (non-hydrogen) atoms. The highest BCUT2D eigenvalue weighted by atomic mass is 16.5. The van der Waals surface area contributed by atoms with Crippen LogP contribution < -0.4 is 20.9 Å². The predicted molar refractivity (Wildman–Crippen MR) is 87.6 cm³/mol. The van der Waals surface area contributed by atoms with Crippen molar-refractivity contribution in [2.45, 2.75) is 19.9 Å². The molecule has 0 aliphatic carbocycles. The largest absolute Gasteiger partial charge is 0.492 e. The number of aromatic nitrogens is 2. The van der Waals surface area contributed by atoms with E-state index in [0.29, 0.717) is 23.7 Å². The van der Waals surface area contributed by atoms with Crippen molar-refractivity contribution in [3.05, 3.63) is 52.7 Å². The zero-order valence-electron chi connectivity index (χ0n) is 13.2. The summed E-state index contributed by atoms with van der Waals surface area (Å²) in [5, 5.41) is 5.17. The average Bonchev–Trinajstić information content (AvgIpc) is 2.55. The Morgan fingerprint density at radius 1 is 1.25 bits per heavy atom. The molecule has 0 aliphatic rings. The molecule has 1 aromatic carbocycles. The molecule has 1 heterocycles. The van der Waals surface area contributed by atoms with Gasteiger partial charge in [0.05, 0.1) is 30.9 Å². The topological polar surface area (TPSA) is 113 Å². The summed E-state index contributed by atoms with van der Waals surface area (Å²) in [5.41, 5.74) is 0.613. The molecule has 126 valence electrons. The lowest BCUT2D eigenvalue weighted by atomic mass is 10.2. The molecule has 0 saturated carbocycles. The summed E-state index contributed by atoms with van der Waals surface area (Å²) in [6.45, 7) is 2.39. The van der Waals surface area contributed by atoms with Gasteiger partial charge >= 0.3 is 0 Å². The zero-order chi connectivity index (χ0) is 17.4. The van der Waals surface area contributed by atoms with Crippen LogP contribution in [0, 0.1) is 0 Å². The van der Waals surface area contributed by atoms with Crippen LogP contribution in [0.25, 0.3) is 0 Å². The Morgan fingerprint density at radius 2 is 2.04 bits per heavy atom. The third-order valence-corrected chi connectivity index (χ3v) is 2.98. The average molecular weight is 330 g/mol. The van der Waals surface area contributed by atoms with E-state index in [1.165, 1.54) is 12.4 Å². The van der Waals surface area contributed by atoms with E-state index in [-0.39, 0.29) is 18.5 Å². The SMILES string of the molecule is CCOc1ccccc1NC(=O)CC(=O)NCc1cc(=O)[nH]cn1. The van der Waals surface area contributed by atoms with Crippen LogP contribution in [0.4, 0.5) is 5.69 Å². The van der Waals surface area contributed by atoms with E-state index in [1.807, 2.05) is 6.92 Å². The van der Waals surface area contributed by atoms with E-state index in [2.05, 4.69) is 20.6 Å². The Hall–Kier alpha value is -3.16. The molecule has 2 amide bonds. The number of carbonyl (C=O) groups excluding carboxylic acids is 2. The molecule has 3 N–H and O–H groups in total. The van der Waals surface area contributed by atoms with Gasteiger partial charge in [0.25, 0.3) is 5.56 Å². The van der Waals surface area contributed by atoms with Crippen molar-refractivity contribution in [1.82, 2.24) is 15.3 Å². The van der Waals surface area contributed by atoms with Gasteiger partial charge in [0.15, 0.2) is 0 Å². The quantitative estimate of drug-likeness (QED) is 0.650. The predicted octanol–water partition coefficient (Wildman–Crippen LogP) is 0.814. The number of rotatable bonds is 7. The first-order chi connectivity index (χ1) is 11.6. The fourth-order valence-electron chi connectivity index (χ4n) is 1.95. The second kappa shape index (κ2) is 8.47. The van der Waals surface area contributed by atoms with Crippen LogP contribution in [0.2, 0.25) is 0 Å². The second-order valence-electron chi connectivity index (χ2n) is 4.83. The lowest BCUT2D eigenvalue weighted by molar-refractivity contribution is -0.126. The van der Waals surface area contributed by atoms with Crippen LogP contribution >= 0.6 is 0 Å². The monoisotopic (exact) mass is 330 g/mol. The van der Waals surface area contributed by atoms with E-state index in [0.717, 1.165) is 0 Å². The minimum absolute atomic E-state index is 0.0750. The van der Waals surface area contributed by atoms with Gasteiger partial charge in [0.2, 0.25) is 11.8 Å². The lowest BCUT2D eigenvalue weighted by Crippen LogP contribution is -2.28. The van der Waals surface area contributed by atoms with E-state index >= 15 is 0 Å². The van der Waals surface area contributed by atoms with Crippen LogP contribution in [0.1, 0.15) is 19.0 Å². The summed E-state index contributed by atoms with van der Waals surface area (Å²) >= 11 is 0. The molecule has 0 fully saturated rings. The van der Waals surface area contributed by atoms with Gasteiger partial charge in [-0.25, -0.2) is 4.98 Å². The summed E-state index contributed by atoms with van der Waals surface area (Å²) < 4.78 is 5.40. The number of amides is 2. The van der Waals surface area contributed by atoms with Gasteiger partial charge in [-0.05, 0) is 19.1 Å². The number of benzene rings is 1. The normalized spacial score (nSPS) is 10.0. The summed E-state index contributed by atoms with van der Waals surface area (Å²) in [5.74, 6) is -0.386. The molecule has 0 aliphatic heterocycles. The number of hydrogen-bond acceptors (Lipinski definition) is 5. The number of nitrogens with zero attached hydrogens (tertiary/aromatic N) is 1. The highest BCUT2D eigenvalue weighted by Gasteiger charge is 2.12. The molecule has 2 aromatic rings. The lowest BCUT2D eigenvalue weighted by Gasteiger charge is -2.11. The van der Waals surface area contributed by atoms with Gasteiger partial charge in [0.1, 0.15) is 12.2 Å². The maximum Gasteiger partial charge on any atom is 0.250 e. The van der Waals surface area contributed by atoms with Gasteiger partial charge < -0.3 is 20.4 Å². The van der Waals surface area contributed by atoms with E-state index < -0.39 is 11.8 Å². The van der Waals surface area contributed by atoms with Crippen molar-refractivity contribution < 1.29 is 14.3 Å². The molecular weight excluding hydrogens is 312 g/mol. The summed E-state index contributed by atoms with van der Waals surface area (Å²) in [4.78, 5) is 41.1. The molecule has 0 radical (unpaired) electrons. The Labute approximate surface area is 138 Å². The fraction of sp³-hybridized carbons (Fsp3) is 0.250. The first kappa shape index (κ1) is 17.2. The molecule has 8 nitrogen and oxygen atoms in total. The van der Waals surface area contributed by atoms with E-state index in [9.17, 15) is 14.4 Å². The Morgan fingerprint density at radius 3 is 2.79 bits per heavy atom. The van der Waals surface area contributed by atoms with Crippen LogP contribution in [-0.4, -0.2) is 28.4 Å². The minimum atomic E-state index is -0.469. The second-order valence-corrected chi connectivity index (χ2v) is 4.83. The Bertz CT molecular complexity index is 772. The highest BCUT2D eigenvalue weighted by molar-refractivity contribution is 6.04. The number of H-pyrrole nitrogens is 1. The number of aromatic amines is 1. The summed E-state index contributed by atoms with van der Waals surface area (Å²) in [7, 11) is 0. The number of ether oxygens (including phenoxy) is 1. The van der Waals surface area contributed by atoms with Crippen LogP contribution in [0.5, 0.6) is 5.75 Å². The third kappa shape index (κ3) is 5.24. The molecule has 0 atom stereocenters. The van der Waals surface area contributed by atoms with Gasteiger partial charge in [-0.1, -0.05) is 12.1 Å². The van der Waals surface area contributed by atoms with Gasteiger partial charge in [0, 0.05) is 6.07 Å². The highest BCUT2D eigenvalue weighted by Crippen LogP contribution is 2.23. The molecule has 0 bridgehead atoms. The maximum atomic E-state index is 11.9. The molecule has 1 aromatic heterocycles. The maximum absolute atomic E-state index is 11.9. The third-order valence-electron chi connectivity index (χ3n) is 2.98. The fourth-order valence-corrected chi connectivity index (χ4v) is 1.95.